The van der Waals surface area contributed by atoms with Gasteiger partial charge < -0.3 is 4.74 Å². The average Bonchev–Trinajstić information content (AvgIpc) is 2.16. The summed E-state index contributed by atoms with van der Waals surface area (Å²) in [5.41, 5.74) is 2.14. The summed E-state index contributed by atoms with van der Waals surface area (Å²) in [6.07, 6.45) is 3.82. The van der Waals surface area contributed by atoms with Gasteiger partial charge in [-0.3, -0.25) is 0 Å². The first-order chi connectivity index (χ1) is 5.83. The van der Waals surface area contributed by atoms with Crippen LogP contribution in [0, 0.1) is 6.08 Å². The molecule has 0 aromatic heterocycles. The van der Waals surface area contributed by atoms with Crippen LogP contribution in [0.15, 0.2) is 24.8 Å². The van der Waals surface area contributed by atoms with Gasteiger partial charge in [-0.2, -0.15) is 0 Å². The van der Waals surface area contributed by atoms with Gasteiger partial charge in [0.05, 0.1) is 7.11 Å². The lowest BCUT2D eigenvalue weighted by Crippen LogP contribution is -1.93. The lowest BCUT2D eigenvalue weighted by molar-refractivity contribution is 0.408. The Bertz CT molecular complexity index is 276. The van der Waals surface area contributed by atoms with Crippen molar-refractivity contribution in [1.29, 1.82) is 0 Å². The van der Waals surface area contributed by atoms with E-state index in [2.05, 4.69) is 25.6 Å². The first kappa shape index (κ1) is 8.85. The molecule has 1 radical (unpaired) electrons. The van der Waals surface area contributed by atoms with Crippen LogP contribution in [-0.4, -0.2) is 7.11 Å². The van der Waals surface area contributed by atoms with E-state index in [4.69, 9.17) is 4.74 Å². The molecule has 1 nitrogen and oxygen atoms in total. The van der Waals surface area contributed by atoms with Crippen LogP contribution in [0.5, 0.6) is 5.75 Å². The summed E-state index contributed by atoms with van der Waals surface area (Å²) in [5.74, 6) is 0.898. The largest absolute Gasteiger partial charge is 0.496 e. The molecule has 0 N–H and O–H groups in total. The molecule has 1 rings (SSSR count). The summed E-state index contributed by atoms with van der Waals surface area (Å²) in [7, 11) is 1.68. The lowest BCUT2D eigenvalue weighted by Gasteiger charge is -2.08. The average molecular weight is 161 g/mol. The maximum Gasteiger partial charge on any atom is 0.129 e. The summed E-state index contributed by atoms with van der Waals surface area (Å²) in [5, 5.41) is 0. The van der Waals surface area contributed by atoms with Crippen LogP contribution in [0.3, 0.4) is 0 Å². The van der Waals surface area contributed by atoms with Crippen LogP contribution in [0.1, 0.15) is 18.1 Å². The molecule has 12 heavy (non-hydrogen) atoms. The molecule has 1 aromatic rings. The SMILES string of the molecule is C=[C]c1cccc(CC)c1OC. The summed E-state index contributed by atoms with van der Waals surface area (Å²) >= 11 is 0. The summed E-state index contributed by atoms with van der Waals surface area (Å²) in [6.45, 7) is 5.71. The van der Waals surface area contributed by atoms with E-state index in [9.17, 15) is 0 Å². The predicted molar refractivity (Wildman–Crippen MR) is 50.3 cm³/mol. The van der Waals surface area contributed by atoms with E-state index < -0.39 is 0 Å². The molecule has 0 atom stereocenters. The number of aryl methyl sites for hydroxylation is 1. The van der Waals surface area contributed by atoms with Crippen LogP contribution < -0.4 is 4.74 Å². The Hall–Kier alpha value is -1.24. The first-order valence-corrected chi connectivity index (χ1v) is 4.02. The maximum atomic E-state index is 5.26. The minimum absolute atomic E-state index is 0.898. The second-order valence-corrected chi connectivity index (χ2v) is 2.53. The Morgan fingerprint density at radius 3 is 2.75 bits per heavy atom. The van der Waals surface area contributed by atoms with Crippen molar-refractivity contribution in [2.45, 2.75) is 13.3 Å². The summed E-state index contributed by atoms with van der Waals surface area (Å²) < 4.78 is 5.26. The van der Waals surface area contributed by atoms with Crippen molar-refractivity contribution in [2.24, 2.45) is 0 Å². The van der Waals surface area contributed by atoms with E-state index in [0.717, 1.165) is 17.7 Å². The monoisotopic (exact) mass is 161 g/mol. The molecule has 0 aliphatic carbocycles. The van der Waals surface area contributed by atoms with Crippen molar-refractivity contribution in [3.63, 3.8) is 0 Å². The molecular formula is C11H13O. The number of para-hydroxylation sites is 1. The molecule has 0 unspecified atom stereocenters. The highest BCUT2D eigenvalue weighted by Gasteiger charge is 2.03. The molecule has 1 heteroatoms. The van der Waals surface area contributed by atoms with Gasteiger partial charge in [-0.1, -0.05) is 31.7 Å². The molecule has 0 fully saturated rings. The normalized spacial score (nSPS) is 9.50. The highest BCUT2D eigenvalue weighted by Crippen LogP contribution is 2.23. The molecule has 0 saturated heterocycles. The molecule has 0 saturated carbocycles. The molecule has 0 aliphatic heterocycles. The van der Waals surface area contributed by atoms with Crippen molar-refractivity contribution < 1.29 is 4.74 Å². The lowest BCUT2D eigenvalue weighted by atomic mass is 10.1. The summed E-state index contributed by atoms with van der Waals surface area (Å²) in [4.78, 5) is 0. The van der Waals surface area contributed by atoms with E-state index in [-0.39, 0.29) is 0 Å². The number of ether oxygens (including phenoxy) is 1. The van der Waals surface area contributed by atoms with E-state index in [1.54, 1.807) is 7.11 Å². The number of rotatable bonds is 3. The van der Waals surface area contributed by atoms with Crippen molar-refractivity contribution in [1.82, 2.24) is 0 Å². The second kappa shape index (κ2) is 3.96. The molecular weight excluding hydrogens is 148 g/mol. The van der Waals surface area contributed by atoms with Crippen LogP contribution >= 0.6 is 0 Å². The topological polar surface area (TPSA) is 9.23 Å². The Kier molecular flexibility index (Phi) is 2.92. The van der Waals surface area contributed by atoms with Gasteiger partial charge in [-0.05, 0) is 18.1 Å². The van der Waals surface area contributed by atoms with Gasteiger partial charge in [0, 0.05) is 5.56 Å². The zero-order valence-electron chi connectivity index (χ0n) is 7.55. The fourth-order valence-corrected chi connectivity index (χ4v) is 1.24. The zero-order chi connectivity index (χ0) is 8.97. The fourth-order valence-electron chi connectivity index (χ4n) is 1.24. The zero-order valence-corrected chi connectivity index (χ0v) is 7.55. The van der Waals surface area contributed by atoms with Gasteiger partial charge in [-0.15, -0.1) is 0 Å². The highest BCUT2D eigenvalue weighted by molar-refractivity contribution is 5.44. The standard InChI is InChI=1S/C11H13O/c1-4-9-7-6-8-10(5-2)11(9)12-3/h6-8H,1,5H2,2-3H3. The Labute approximate surface area is 73.7 Å². The highest BCUT2D eigenvalue weighted by atomic mass is 16.5. The minimum atomic E-state index is 0.898. The first-order valence-electron chi connectivity index (χ1n) is 4.02. The maximum absolute atomic E-state index is 5.26. The molecule has 1 aromatic carbocycles. The Balaban J connectivity index is 3.21. The predicted octanol–water partition coefficient (Wildman–Crippen LogP) is 2.59. The van der Waals surface area contributed by atoms with Gasteiger partial charge in [0.25, 0.3) is 0 Å². The fraction of sp³-hybridized carbons (Fsp3) is 0.273. The van der Waals surface area contributed by atoms with E-state index in [1.807, 2.05) is 12.1 Å². The third-order valence-corrected chi connectivity index (χ3v) is 1.87. The molecule has 0 spiro atoms. The smallest absolute Gasteiger partial charge is 0.129 e. The van der Waals surface area contributed by atoms with Crippen LogP contribution in [0.2, 0.25) is 0 Å². The molecule has 0 amide bonds. The van der Waals surface area contributed by atoms with Crippen molar-refractivity contribution >= 4 is 0 Å². The molecule has 0 heterocycles. The van der Waals surface area contributed by atoms with Gasteiger partial charge in [0.15, 0.2) is 0 Å². The number of benzene rings is 1. The molecule has 0 bridgehead atoms. The van der Waals surface area contributed by atoms with E-state index in [1.165, 1.54) is 5.56 Å². The number of hydrogen-bond acceptors (Lipinski definition) is 1. The van der Waals surface area contributed by atoms with Crippen molar-refractivity contribution in [3.05, 3.63) is 42.0 Å². The van der Waals surface area contributed by atoms with Gasteiger partial charge in [0.1, 0.15) is 5.75 Å². The summed E-state index contributed by atoms with van der Waals surface area (Å²) in [6, 6.07) is 6.00. The van der Waals surface area contributed by atoms with Gasteiger partial charge in [-0.25, -0.2) is 0 Å². The number of hydrogen-bond donors (Lipinski definition) is 0. The van der Waals surface area contributed by atoms with Gasteiger partial charge in [0.2, 0.25) is 0 Å². The van der Waals surface area contributed by atoms with Crippen molar-refractivity contribution in [3.8, 4) is 5.75 Å². The Morgan fingerprint density at radius 1 is 1.50 bits per heavy atom. The van der Waals surface area contributed by atoms with E-state index >= 15 is 0 Å². The quantitative estimate of drug-likeness (QED) is 0.662. The van der Waals surface area contributed by atoms with Crippen LogP contribution in [0.25, 0.3) is 0 Å². The van der Waals surface area contributed by atoms with Gasteiger partial charge >= 0.3 is 0 Å². The van der Waals surface area contributed by atoms with E-state index in [0.29, 0.717) is 0 Å². The number of methoxy groups -OCH3 is 1. The minimum Gasteiger partial charge on any atom is -0.496 e. The molecule has 63 valence electrons. The molecule has 0 aliphatic rings. The van der Waals surface area contributed by atoms with Crippen LogP contribution in [-0.2, 0) is 6.42 Å². The third-order valence-electron chi connectivity index (χ3n) is 1.87. The second-order valence-electron chi connectivity index (χ2n) is 2.53. The Morgan fingerprint density at radius 2 is 2.25 bits per heavy atom. The third kappa shape index (κ3) is 1.50. The van der Waals surface area contributed by atoms with Crippen LogP contribution in [0.4, 0.5) is 0 Å². The van der Waals surface area contributed by atoms with Crippen molar-refractivity contribution in [2.75, 3.05) is 7.11 Å².